The third-order valence-electron chi connectivity index (χ3n) is 3.48. The van der Waals surface area contributed by atoms with Crippen molar-refractivity contribution in [2.24, 2.45) is 5.73 Å². The first-order chi connectivity index (χ1) is 6.46. The number of nitrogens with zero attached hydrogens (tertiary/aromatic N) is 1. The predicted molar refractivity (Wildman–Crippen MR) is 61.1 cm³/mol. The molecule has 0 saturated heterocycles. The molecule has 0 atom stereocenters. The molecule has 0 aliphatic heterocycles. The van der Waals surface area contributed by atoms with E-state index in [1.807, 2.05) is 12.3 Å². The average Bonchev–Trinajstić information content (AvgIpc) is 2.86. The van der Waals surface area contributed by atoms with Gasteiger partial charge in [-0.25, -0.2) is 4.98 Å². The van der Waals surface area contributed by atoms with E-state index in [1.165, 1.54) is 5.56 Å². The molecule has 1 aromatic rings. The third kappa shape index (κ3) is 1.48. The Hall–Kier alpha value is -0.410. The van der Waals surface area contributed by atoms with Gasteiger partial charge in [0.15, 0.2) is 0 Å². The Labute approximate surface area is 93.0 Å². The van der Waals surface area contributed by atoms with Crippen LogP contribution in [0.15, 0.2) is 22.9 Å². The molecule has 76 valence electrons. The summed E-state index contributed by atoms with van der Waals surface area (Å²) in [6.07, 6.45) is 4.16. The number of halogens is 1. The number of rotatable bonds is 2. The number of hydrogen-bond donors (Lipinski definition) is 1. The summed E-state index contributed by atoms with van der Waals surface area (Å²) in [6, 6.07) is 4.08. The van der Waals surface area contributed by atoms with Crippen LogP contribution < -0.4 is 5.73 Å². The van der Waals surface area contributed by atoms with Crippen molar-refractivity contribution in [1.82, 2.24) is 4.98 Å². The van der Waals surface area contributed by atoms with Gasteiger partial charge in [-0.3, -0.25) is 0 Å². The molecule has 0 unspecified atom stereocenters. The lowest BCUT2D eigenvalue weighted by molar-refractivity contribution is 0.390. The molecule has 2 N–H and O–H groups in total. The van der Waals surface area contributed by atoms with Gasteiger partial charge in [-0.05, 0) is 40.4 Å². The van der Waals surface area contributed by atoms with Gasteiger partial charge < -0.3 is 5.73 Å². The second-order valence-corrected chi connectivity index (χ2v) is 5.46. The van der Waals surface area contributed by atoms with Gasteiger partial charge in [-0.15, -0.1) is 0 Å². The largest absolute Gasteiger partial charge is 0.324 e. The van der Waals surface area contributed by atoms with Crippen LogP contribution in [0.25, 0.3) is 0 Å². The van der Waals surface area contributed by atoms with E-state index in [2.05, 4.69) is 40.8 Å². The zero-order valence-electron chi connectivity index (χ0n) is 8.55. The Bertz CT molecular complexity index is 339. The number of hydrogen-bond acceptors (Lipinski definition) is 2. The first-order valence-electron chi connectivity index (χ1n) is 4.87. The van der Waals surface area contributed by atoms with E-state index in [0.717, 1.165) is 17.4 Å². The Balaban J connectivity index is 2.34. The molecule has 0 radical (unpaired) electrons. The summed E-state index contributed by atoms with van der Waals surface area (Å²) in [4.78, 5) is 4.25. The highest BCUT2D eigenvalue weighted by Gasteiger charge is 2.51. The maximum Gasteiger partial charge on any atom is 0.106 e. The molecule has 0 amide bonds. The van der Waals surface area contributed by atoms with Crippen LogP contribution in [0.1, 0.15) is 32.3 Å². The molecule has 0 spiro atoms. The van der Waals surface area contributed by atoms with E-state index in [0.29, 0.717) is 0 Å². The van der Waals surface area contributed by atoms with E-state index in [4.69, 9.17) is 5.73 Å². The van der Waals surface area contributed by atoms with E-state index >= 15 is 0 Å². The summed E-state index contributed by atoms with van der Waals surface area (Å²) in [5.41, 5.74) is 7.49. The molecule has 14 heavy (non-hydrogen) atoms. The van der Waals surface area contributed by atoms with Crippen LogP contribution in [0, 0.1) is 0 Å². The van der Waals surface area contributed by atoms with Crippen molar-refractivity contribution in [3.05, 3.63) is 28.5 Å². The van der Waals surface area contributed by atoms with Crippen LogP contribution in [0.3, 0.4) is 0 Å². The Morgan fingerprint density at radius 3 is 2.50 bits per heavy atom. The van der Waals surface area contributed by atoms with Crippen LogP contribution in [-0.4, -0.2) is 10.5 Å². The van der Waals surface area contributed by atoms with Crippen molar-refractivity contribution in [3.8, 4) is 0 Å². The minimum atomic E-state index is -0.0114. The highest BCUT2D eigenvalue weighted by Crippen LogP contribution is 2.48. The topological polar surface area (TPSA) is 38.9 Å². The maximum atomic E-state index is 6.25. The fraction of sp³-hybridized carbons (Fsp3) is 0.545. The summed E-state index contributed by atoms with van der Waals surface area (Å²) in [5, 5.41) is 0. The van der Waals surface area contributed by atoms with Crippen molar-refractivity contribution in [1.29, 1.82) is 0 Å². The molecule has 2 nitrogen and oxygen atoms in total. The van der Waals surface area contributed by atoms with Crippen LogP contribution in [0.5, 0.6) is 0 Å². The zero-order valence-corrected chi connectivity index (χ0v) is 10.1. The van der Waals surface area contributed by atoms with Crippen LogP contribution in [0.4, 0.5) is 0 Å². The smallest absolute Gasteiger partial charge is 0.106 e. The minimum Gasteiger partial charge on any atom is -0.324 e. The van der Waals surface area contributed by atoms with Crippen LogP contribution in [-0.2, 0) is 5.41 Å². The molecule has 1 aliphatic carbocycles. The van der Waals surface area contributed by atoms with Gasteiger partial charge in [-0.2, -0.15) is 0 Å². The molecular formula is C11H15BrN2. The number of aromatic nitrogens is 1. The van der Waals surface area contributed by atoms with Crippen molar-refractivity contribution in [2.75, 3.05) is 0 Å². The normalized spacial score (nSPS) is 19.4. The summed E-state index contributed by atoms with van der Waals surface area (Å²) < 4.78 is 0.874. The number of pyridine rings is 1. The second-order valence-electron chi connectivity index (χ2n) is 4.65. The molecular weight excluding hydrogens is 240 g/mol. The van der Waals surface area contributed by atoms with Crippen LogP contribution >= 0.6 is 15.9 Å². The van der Waals surface area contributed by atoms with Crippen molar-refractivity contribution < 1.29 is 0 Å². The predicted octanol–water partition coefficient (Wildman–Crippen LogP) is 2.61. The first-order valence-corrected chi connectivity index (χ1v) is 5.66. The molecule has 2 rings (SSSR count). The Morgan fingerprint density at radius 1 is 1.43 bits per heavy atom. The van der Waals surface area contributed by atoms with Gasteiger partial charge in [0.2, 0.25) is 0 Å². The van der Waals surface area contributed by atoms with Gasteiger partial charge in [0.25, 0.3) is 0 Å². The minimum absolute atomic E-state index is 0.0114. The van der Waals surface area contributed by atoms with Gasteiger partial charge >= 0.3 is 0 Å². The van der Waals surface area contributed by atoms with Crippen LogP contribution in [0.2, 0.25) is 0 Å². The van der Waals surface area contributed by atoms with E-state index in [1.54, 1.807) is 0 Å². The zero-order chi connectivity index (χ0) is 10.4. The highest BCUT2D eigenvalue weighted by atomic mass is 79.9. The van der Waals surface area contributed by atoms with Gasteiger partial charge in [0, 0.05) is 17.2 Å². The lowest BCUT2D eigenvalue weighted by Crippen LogP contribution is -2.43. The fourth-order valence-corrected chi connectivity index (χ4v) is 2.03. The lowest BCUT2D eigenvalue weighted by Gasteiger charge is -2.32. The van der Waals surface area contributed by atoms with E-state index in [-0.39, 0.29) is 11.0 Å². The standard InChI is InChI=1S/C11H15BrN2/c1-10(2,11(13)5-6-11)8-3-4-9(12)14-7-8/h3-4,7H,5-6,13H2,1-2H3. The van der Waals surface area contributed by atoms with E-state index in [9.17, 15) is 0 Å². The van der Waals surface area contributed by atoms with Crippen molar-refractivity contribution >= 4 is 15.9 Å². The summed E-state index contributed by atoms with van der Waals surface area (Å²) in [5.74, 6) is 0. The maximum absolute atomic E-state index is 6.25. The fourth-order valence-electron chi connectivity index (χ4n) is 1.79. The SMILES string of the molecule is CC(C)(c1ccc(Br)nc1)C1(N)CC1. The number of nitrogens with two attached hydrogens (primary N) is 1. The molecule has 1 saturated carbocycles. The molecule has 1 heterocycles. The molecule has 3 heteroatoms. The summed E-state index contributed by atoms with van der Waals surface area (Å²) >= 11 is 3.34. The third-order valence-corrected chi connectivity index (χ3v) is 3.95. The molecule has 0 bridgehead atoms. The van der Waals surface area contributed by atoms with Gasteiger partial charge in [0.1, 0.15) is 4.60 Å². The molecule has 1 aromatic heterocycles. The summed E-state index contributed by atoms with van der Waals surface area (Å²) in [6.45, 7) is 4.40. The quantitative estimate of drug-likeness (QED) is 0.825. The lowest BCUT2D eigenvalue weighted by atomic mass is 9.77. The van der Waals surface area contributed by atoms with E-state index < -0.39 is 0 Å². The average molecular weight is 255 g/mol. The molecule has 1 fully saturated rings. The van der Waals surface area contributed by atoms with Gasteiger partial charge in [-0.1, -0.05) is 19.9 Å². The molecule has 0 aromatic carbocycles. The van der Waals surface area contributed by atoms with Crippen molar-refractivity contribution in [3.63, 3.8) is 0 Å². The Kier molecular flexibility index (Phi) is 2.20. The monoisotopic (exact) mass is 254 g/mol. The Morgan fingerprint density at radius 2 is 2.07 bits per heavy atom. The van der Waals surface area contributed by atoms with Gasteiger partial charge in [0.05, 0.1) is 0 Å². The molecule has 1 aliphatic rings. The summed E-state index contributed by atoms with van der Waals surface area (Å²) in [7, 11) is 0. The highest BCUT2D eigenvalue weighted by molar-refractivity contribution is 9.10. The first kappa shape index (κ1) is 10.1. The van der Waals surface area contributed by atoms with Crippen molar-refractivity contribution in [2.45, 2.75) is 37.6 Å². The second kappa shape index (κ2) is 3.04.